The molecule has 2 rings (SSSR count). The molecule has 0 bridgehead atoms. The normalized spacial score (nSPS) is 14.5. The Morgan fingerprint density at radius 1 is 1.53 bits per heavy atom. The van der Waals surface area contributed by atoms with E-state index in [0.717, 1.165) is 5.56 Å². The molecule has 1 aliphatic rings. The number of carbonyl (C=O) groups is 1. The minimum absolute atomic E-state index is 0.170. The molecule has 1 aromatic rings. The maximum atomic E-state index is 10.8. The van der Waals surface area contributed by atoms with Crippen molar-refractivity contribution < 1.29 is 24.1 Å². The van der Waals surface area contributed by atoms with E-state index in [9.17, 15) is 4.79 Å². The molecule has 92 valence electrons. The quantitative estimate of drug-likeness (QED) is 0.864. The number of rotatable bonds is 4. The molecule has 0 aliphatic carbocycles. The van der Waals surface area contributed by atoms with Gasteiger partial charge in [-0.2, -0.15) is 0 Å². The zero-order valence-electron chi connectivity index (χ0n) is 9.73. The lowest BCUT2D eigenvalue weighted by atomic mass is 10.0. The van der Waals surface area contributed by atoms with E-state index in [1.165, 1.54) is 0 Å². The van der Waals surface area contributed by atoms with Crippen LogP contribution >= 0.6 is 0 Å². The molecule has 0 spiro atoms. The summed E-state index contributed by atoms with van der Waals surface area (Å²) in [6, 6.07) is 3.58. The van der Waals surface area contributed by atoms with Crippen molar-refractivity contribution in [3.05, 3.63) is 17.7 Å². The zero-order valence-corrected chi connectivity index (χ0v) is 9.73. The zero-order chi connectivity index (χ0) is 12.4. The van der Waals surface area contributed by atoms with Crippen molar-refractivity contribution in [2.45, 2.75) is 13.3 Å². The van der Waals surface area contributed by atoms with E-state index in [2.05, 4.69) is 0 Å². The van der Waals surface area contributed by atoms with Crippen LogP contribution in [0.15, 0.2) is 12.1 Å². The fourth-order valence-corrected chi connectivity index (χ4v) is 1.74. The van der Waals surface area contributed by atoms with Gasteiger partial charge in [0, 0.05) is 0 Å². The number of methoxy groups -OCH3 is 1. The fourth-order valence-electron chi connectivity index (χ4n) is 1.74. The first-order valence-corrected chi connectivity index (χ1v) is 5.31. The van der Waals surface area contributed by atoms with Crippen molar-refractivity contribution in [1.82, 2.24) is 0 Å². The Labute approximate surface area is 98.9 Å². The van der Waals surface area contributed by atoms with Gasteiger partial charge in [-0.1, -0.05) is 6.92 Å². The van der Waals surface area contributed by atoms with Crippen LogP contribution in [0, 0.1) is 5.92 Å². The Morgan fingerprint density at radius 2 is 2.29 bits per heavy atom. The number of carboxylic acid groups (broad SMARTS) is 1. The van der Waals surface area contributed by atoms with Crippen molar-refractivity contribution in [3.8, 4) is 17.2 Å². The number of benzene rings is 1. The number of aliphatic carboxylic acids is 1. The van der Waals surface area contributed by atoms with Crippen molar-refractivity contribution in [1.29, 1.82) is 0 Å². The fraction of sp³-hybridized carbons (Fsp3) is 0.417. The van der Waals surface area contributed by atoms with Crippen LogP contribution in [0.3, 0.4) is 0 Å². The van der Waals surface area contributed by atoms with Gasteiger partial charge in [-0.3, -0.25) is 4.79 Å². The van der Waals surface area contributed by atoms with E-state index in [4.69, 9.17) is 19.3 Å². The van der Waals surface area contributed by atoms with Gasteiger partial charge in [-0.15, -0.1) is 0 Å². The number of hydrogen-bond acceptors (Lipinski definition) is 4. The number of ether oxygens (including phenoxy) is 3. The molecule has 1 unspecified atom stereocenters. The second-order valence-corrected chi connectivity index (χ2v) is 3.98. The summed E-state index contributed by atoms with van der Waals surface area (Å²) in [6.07, 6.45) is 0.433. The molecule has 0 saturated heterocycles. The van der Waals surface area contributed by atoms with Gasteiger partial charge in [0.2, 0.25) is 12.5 Å². The Morgan fingerprint density at radius 3 is 2.94 bits per heavy atom. The van der Waals surface area contributed by atoms with Gasteiger partial charge in [-0.05, 0) is 24.1 Å². The number of hydrogen-bond donors (Lipinski definition) is 1. The first-order chi connectivity index (χ1) is 8.11. The molecule has 5 heteroatoms. The molecule has 1 aromatic carbocycles. The van der Waals surface area contributed by atoms with E-state index in [1.54, 1.807) is 26.2 Å². The third-order valence-corrected chi connectivity index (χ3v) is 2.68. The Balaban J connectivity index is 2.27. The summed E-state index contributed by atoms with van der Waals surface area (Å²) in [5.74, 6) is 0.505. The smallest absolute Gasteiger partial charge is 0.306 e. The second-order valence-electron chi connectivity index (χ2n) is 3.98. The van der Waals surface area contributed by atoms with Gasteiger partial charge >= 0.3 is 5.97 Å². The van der Waals surface area contributed by atoms with E-state index >= 15 is 0 Å². The third-order valence-electron chi connectivity index (χ3n) is 2.68. The molecule has 5 nitrogen and oxygen atoms in total. The molecule has 0 amide bonds. The van der Waals surface area contributed by atoms with Crippen LogP contribution in [-0.4, -0.2) is 25.0 Å². The molecule has 0 radical (unpaired) electrons. The van der Waals surface area contributed by atoms with Crippen LogP contribution in [-0.2, 0) is 11.2 Å². The van der Waals surface area contributed by atoms with Crippen molar-refractivity contribution in [2.75, 3.05) is 13.9 Å². The predicted molar refractivity (Wildman–Crippen MR) is 59.6 cm³/mol. The maximum Gasteiger partial charge on any atom is 0.306 e. The van der Waals surface area contributed by atoms with E-state index < -0.39 is 11.9 Å². The van der Waals surface area contributed by atoms with Gasteiger partial charge < -0.3 is 19.3 Å². The monoisotopic (exact) mass is 238 g/mol. The van der Waals surface area contributed by atoms with Gasteiger partial charge in [0.05, 0.1) is 13.0 Å². The van der Waals surface area contributed by atoms with Gasteiger partial charge in [-0.25, -0.2) is 0 Å². The molecule has 1 atom stereocenters. The number of fused-ring (bicyclic) bond motifs is 1. The van der Waals surface area contributed by atoms with E-state index in [1.807, 2.05) is 0 Å². The lowest BCUT2D eigenvalue weighted by Crippen LogP contribution is -2.12. The summed E-state index contributed by atoms with van der Waals surface area (Å²) in [5.41, 5.74) is 0.862. The van der Waals surface area contributed by atoms with Crippen LogP contribution in [0.1, 0.15) is 12.5 Å². The summed E-state index contributed by atoms with van der Waals surface area (Å²) < 4.78 is 15.7. The molecular formula is C12H14O5. The number of carboxylic acids is 1. The largest absolute Gasteiger partial charge is 0.493 e. The van der Waals surface area contributed by atoms with Crippen LogP contribution in [0.4, 0.5) is 0 Å². The summed E-state index contributed by atoms with van der Waals surface area (Å²) >= 11 is 0. The van der Waals surface area contributed by atoms with Crippen molar-refractivity contribution in [2.24, 2.45) is 5.92 Å². The van der Waals surface area contributed by atoms with Crippen LogP contribution in [0.25, 0.3) is 0 Å². The summed E-state index contributed by atoms with van der Waals surface area (Å²) in [4.78, 5) is 10.8. The highest BCUT2D eigenvalue weighted by atomic mass is 16.7. The summed E-state index contributed by atoms with van der Waals surface area (Å²) in [6.45, 7) is 1.84. The lowest BCUT2D eigenvalue weighted by molar-refractivity contribution is -0.141. The maximum absolute atomic E-state index is 10.8. The van der Waals surface area contributed by atoms with Gasteiger partial charge in [0.1, 0.15) is 0 Å². The molecular weight excluding hydrogens is 224 g/mol. The molecule has 1 N–H and O–H groups in total. The average molecular weight is 238 g/mol. The Hall–Kier alpha value is -1.91. The standard InChI is InChI=1S/C12H14O5/c1-7(12(13)14)3-8-4-9(15-2)11-10(5-8)16-6-17-11/h4-5,7H,3,6H2,1-2H3,(H,13,14). The summed E-state index contributed by atoms with van der Waals surface area (Å²) in [7, 11) is 1.54. The SMILES string of the molecule is COc1cc(CC(C)C(=O)O)cc2c1OCO2. The highest BCUT2D eigenvalue weighted by molar-refractivity contribution is 5.70. The highest BCUT2D eigenvalue weighted by Crippen LogP contribution is 2.42. The highest BCUT2D eigenvalue weighted by Gasteiger charge is 2.21. The molecule has 1 aliphatic heterocycles. The van der Waals surface area contributed by atoms with Crippen LogP contribution in [0.5, 0.6) is 17.2 Å². The first kappa shape index (κ1) is 11.6. The minimum atomic E-state index is -0.818. The molecule has 17 heavy (non-hydrogen) atoms. The van der Waals surface area contributed by atoms with Crippen molar-refractivity contribution >= 4 is 5.97 Å². The second kappa shape index (κ2) is 4.53. The molecule has 0 aromatic heterocycles. The topological polar surface area (TPSA) is 65.0 Å². The molecule has 1 heterocycles. The van der Waals surface area contributed by atoms with E-state index in [0.29, 0.717) is 23.7 Å². The Bertz CT molecular complexity index is 441. The third kappa shape index (κ3) is 2.27. The Kier molecular flexibility index (Phi) is 3.08. The average Bonchev–Trinajstić information content (AvgIpc) is 2.75. The van der Waals surface area contributed by atoms with Gasteiger partial charge in [0.15, 0.2) is 11.5 Å². The van der Waals surface area contributed by atoms with Crippen LogP contribution in [0.2, 0.25) is 0 Å². The lowest BCUT2D eigenvalue weighted by Gasteiger charge is -2.10. The molecule has 0 saturated carbocycles. The summed E-state index contributed by atoms with van der Waals surface area (Å²) in [5, 5.41) is 8.88. The van der Waals surface area contributed by atoms with E-state index in [-0.39, 0.29) is 6.79 Å². The molecule has 0 fully saturated rings. The van der Waals surface area contributed by atoms with Crippen molar-refractivity contribution in [3.63, 3.8) is 0 Å². The van der Waals surface area contributed by atoms with Crippen LogP contribution < -0.4 is 14.2 Å². The predicted octanol–water partition coefficient (Wildman–Crippen LogP) is 1.69. The minimum Gasteiger partial charge on any atom is -0.493 e. The van der Waals surface area contributed by atoms with Gasteiger partial charge in [0.25, 0.3) is 0 Å². The first-order valence-electron chi connectivity index (χ1n) is 5.31.